The molecule has 3 rings (SSSR count). The summed E-state index contributed by atoms with van der Waals surface area (Å²) in [7, 11) is 0. The minimum Gasteiger partial charge on any atom is -0.353 e. The van der Waals surface area contributed by atoms with Crippen LogP contribution in [0.3, 0.4) is 0 Å². The largest absolute Gasteiger partial charge is 0.353 e. The van der Waals surface area contributed by atoms with Crippen molar-refractivity contribution in [2.45, 2.75) is 45.7 Å². The first-order valence-electron chi connectivity index (χ1n) is 9.90. The van der Waals surface area contributed by atoms with E-state index in [9.17, 15) is 4.79 Å². The molecule has 7 heteroatoms. The summed E-state index contributed by atoms with van der Waals surface area (Å²) in [5, 5.41) is 12.0. The van der Waals surface area contributed by atoms with Crippen molar-refractivity contribution in [1.29, 1.82) is 0 Å². The van der Waals surface area contributed by atoms with Crippen LogP contribution >= 0.6 is 11.6 Å². The van der Waals surface area contributed by atoms with E-state index in [1.54, 1.807) is 6.20 Å². The van der Waals surface area contributed by atoms with E-state index in [4.69, 9.17) is 11.6 Å². The Bertz CT molecular complexity index is 786. The van der Waals surface area contributed by atoms with Crippen molar-refractivity contribution in [1.82, 2.24) is 20.4 Å². The Labute approximate surface area is 171 Å². The summed E-state index contributed by atoms with van der Waals surface area (Å²) in [6, 6.07) is 9.88. The maximum atomic E-state index is 12.9. The van der Waals surface area contributed by atoms with Crippen LogP contribution < -0.4 is 10.2 Å². The van der Waals surface area contributed by atoms with Crippen molar-refractivity contribution in [3.63, 3.8) is 0 Å². The Morgan fingerprint density at radius 2 is 2.25 bits per heavy atom. The van der Waals surface area contributed by atoms with Crippen molar-refractivity contribution in [3.8, 4) is 0 Å². The van der Waals surface area contributed by atoms with Gasteiger partial charge in [0.05, 0.1) is 6.04 Å². The van der Waals surface area contributed by atoms with Gasteiger partial charge in [0.2, 0.25) is 0 Å². The molecule has 0 unspecified atom stereocenters. The Hall–Kier alpha value is -2.34. The number of rotatable bonds is 6. The van der Waals surface area contributed by atoms with Crippen LogP contribution in [0.2, 0.25) is 5.02 Å². The zero-order chi connectivity index (χ0) is 19.9. The molecule has 2 amide bonds. The number of piperidine rings is 1. The second kappa shape index (κ2) is 9.73. The molecule has 1 fully saturated rings. The summed E-state index contributed by atoms with van der Waals surface area (Å²) >= 11 is 6.09. The number of carbonyl (C=O) groups excluding carboxylic acids is 1. The first-order valence-corrected chi connectivity index (χ1v) is 10.3. The third-order valence-electron chi connectivity index (χ3n) is 5.11. The molecule has 1 atom stereocenters. The number of halogens is 1. The van der Waals surface area contributed by atoms with Gasteiger partial charge < -0.3 is 15.1 Å². The van der Waals surface area contributed by atoms with Gasteiger partial charge in [-0.1, -0.05) is 30.7 Å². The number of anilines is 1. The maximum absolute atomic E-state index is 12.9. The van der Waals surface area contributed by atoms with Gasteiger partial charge in [0.15, 0.2) is 5.82 Å². The summed E-state index contributed by atoms with van der Waals surface area (Å²) in [6.07, 6.45) is 4.64. The molecule has 2 aromatic rings. The Balaban J connectivity index is 1.64. The Morgan fingerprint density at radius 3 is 2.96 bits per heavy atom. The average Bonchev–Trinajstić information content (AvgIpc) is 2.73. The van der Waals surface area contributed by atoms with Crippen LogP contribution in [0.1, 0.15) is 37.3 Å². The lowest BCUT2D eigenvalue weighted by Gasteiger charge is -2.39. The highest BCUT2D eigenvalue weighted by molar-refractivity contribution is 6.31. The molecule has 1 aliphatic rings. The molecule has 0 radical (unpaired) electrons. The van der Waals surface area contributed by atoms with E-state index in [2.05, 4.69) is 27.3 Å². The van der Waals surface area contributed by atoms with E-state index in [0.29, 0.717) is 6.54 Å². The maximum Gasteiger partial charge on any atom is 0.317 e. The third kappa shape index (κ3) is 5.13. The number of hydrogen-bond acceptors (Lipinski definition) is 4. The standard InChI is InChI=1S/C21H28ClN5O/c1-3-11-27(21(28)23-14-17-8-9-19(22)16(2)13-17)18-6-5-12-26(15-18)20-7-4-10-24-25-20/h4,7-10,13,18H,3,5-6,11-12,14-15H2,1-2H3,(H,23,28)/t18-/m0/s1. The molecule has 1 aliphatic heterocycles. The second-order valence-corrected chi connectivity index (χ2v) is 7.67. The summed E-state index contributed by atoms with van der Waals surface area (Å²) in [5.74, 6) is 0.876. The second-order valence-electron chi connectivity index (χ2n) is 7.26. The van der Waals surface area contributed by atoms with E-state index in [0.717, 1.165) is 60.9 Å². The molecule has 0 spiro atoms. The molecule has 1 saturated heterocycles. The minimum atomic E-state index is -0.0135. The van der Waals surface area contributed by atoms with Crippen LogP contribution in [0, 0.1) is 6.92 Å². The number of hydrogen-bond donors (Lipinski definition) is 1. The first kappa shape index (κ1) is 20.4. The summed E-state index contributed by atoms with van der Waals surface area (Å²) in [5.41, 5.74) is 2.07. The number of urea groups is 1. The van der Waals surface area contributed by atoms with Gasteiger partial charge in [0.25, 0.3) is 0 Å². The molecule has 0 aliphatic carbocycles. The van der Waals surface area contributed by atoms with Crippen LogP contribution in [-0.2, 0) is 6.54 Å². The van der Waals surface area contributed by atoms with Gasteiger partial charge in [-0.15, -0.1) is 5.10 Å². The molecule has 0 saturated carbocycles. The number of aromatic nitrogens is 2. The summed E-state index contributed by atoms with van der Waals surface area (Å²) in [6.45, 7) is 7.04. The third-order valence-corrected chi connectivity index (χ3v) is 5.54. The van der Waals surface area contributed by atoms with E-state index < -0.39 is 0 Å². The van der Waals surface area contributed by atoms with Crippen molar-refractivity contribution in [3.05, 3.63) is 52.7 Å². The lowest BCUT2D eigenvalue weighted by molar-refractivity contribution is 0.165. The van der Waals surface area contributed by atoms with Gasteiger partial charge in [-0.2, -0.15) is 5.10 Å². The van der Waals surface area contributed by atoms with Gasteiger partial charge >= 0.3 is 6.03 Å². The van der Waals surface area contributed by atoms with Crippen LogP contribution in [0.15, 0.2) is 36.5 Å². The SMILES string of the molecule is CCCN(C(=O)NCc1ccc(Cl)c(C)c1)[C@H]1CCCN(c2cccnn2)C1. The van der Waals surface area contributed by atoms with Crippen molar-refractivity contribution < 1.29 is 4.79 Å². The molecule has 1 N–H and O–H groups in total. The van der Waals surface area contributed by atoms with Gasteiger partial charge in [-0.05, 0) is 55.5 Å². The lowest BCUT2D eigenvalue weighted by Crippen LogP contribution is -2.53. The fourth-order valence-corrected chi connectivity index (χ4v) is 3.78. The highest BCUT2D eigenvalue weighted by Crippen LogP contribution is 2.21. The van der Waals surface area contributed by atoms with Gasteiger partial charge in [0, 0.05) is 37.4 Å². The fourth-order valence-electron chi connectivity index (χ4n) is 3.67. The van der Waals surface area contributed by atoms with E-state index in [-0.39, 0.29) is 12.1 Å². The van der Waals surface area contributed by atoms with Gasteiger partial charge in [0.1, 0.15) is 0 Å². The Kier molecular flexibility index (Phi) is 7.09. The van der Waals surface area contributed by atoms with Crippen LogP contribution in [0.5, 0.6) is 0 Å². The topological polar surface area (TPSA) is 61.4 Å². The molecule has 28 heavy (non-hydrogen) atoms. The normalized spacial score (nSPS) is 16.7. The van der Waals surface area contributed by atoms with Crippen molar-refractivity contribution in [2.75, 3.05) is 24.5 Å². The van der Waals surface area contributed by atoms with Gasteiger partial charge in [-0.25, -0.2) is 4.79 Å². The quantitative estimate of drug-likeness (QED) is 0.793. The van der Waals surface area contributed by atoms with Crippen molar-refractivity contribution in [2.24, 2.45) is 0 Å². The summed E-state index contributed by atoms with van der Waals surface area (Å²) in [4.78, 5) is 17.1. The molecule has 6 nitrogen and oxygen atoms in total. The van der Waals surface area contributed by atoms with E-state index in [1.165, 1.54) is 0 Å². The zero-order valence-electron chi connectivity index (χ0n) is 16.6. The number of benzene rings is 1. The van der Waals surface area contributed by atoms with Crippen LogP contribution in [-0.4, -0.2) is 46.8 Å². The van der Waals surface area contributed by atoms with E-state index in [1.807, 2.05) is 42.2 Å². The monoisotopic (exact) mass is 401 g/mol. The number of nitrogens with one attached hydrogen (secondary N) is 1. The predicted octanol–water partition coefficient (Wildman–Crippen LogP) is 4.03. The number of amides is 2. The molecule has 0 bridgehead atoms. The van der Waals surface area contributed by atoms with E-state index >= 15 is 0 Å². The van der Waals surface area contributed by atoms with Crippen LogP contribution in [0.25, 0.3) is 0 Å². The molecule has 150 valence electrons. The van der Waals surface area contributed by atoms with Crippen molar-refractivity contribution >= 4 is 23.4 Å². The predicted molar refractivity (Wildman–Crippen MR) is 113 cm³/mol. The molecule has 2 heterocycles. The number of nitrogens with zero attached hydrogens (tertiary/aromatic N) is 4. The zero-order valence-corrected chi connectivity index (χ0v) is 17.3. The highest BCUT2D eigenvalue weighted by Gasteiger charge is 2.28. The summed E-state index contributed by atoms with van der Waals surface area (Å²) < 4.78 is 0. The molecular formula is C21H28ClN5O. The smallest absolute Gasteiger partial charge is 0.317 e. The minimum absolute atomic E-state index is 0.0135. The first-order chi connectivity index (χ1) is 13.6. The Morgan fingerprint density at radius 1 is 1.39 bits per heavy atom. The average molecular weight is 402 g/mol. The van der Waals surface area contributed by atoms with Crippen LogP contribution in [0.4, 0.5) is 10.6 Å². The van der Waals surface area contributed by atoms with Gasteiger partial charge in [-0.3, -0.25) is 0 Å². The fraction of sp³-hybridized carbons (Fsp3) is 0.476. The lowest BCUT2D eigenvalue weighted by atomic mass is 10.0. The highest BCUT2D eigenvalue weighted by atomic mass is 35.5. The number of aryl methyl sites for hydroxylation is 1. The molecular weight excluding hydrogens is 374 g/mol. The molecule has 1 aromatic heterocycles. The number of carbonyl (C=O) groups is 1. The molecule has 1 aromatic carbocycles.